The first-order valence-electron chi connectivity index (χ1n) is 13.7. The Bertz CT molecular complexity index is 1210. The van der Waals surface area contributed by atoms with Crippen LogP contribution in [0.3, 0.4) is 0 Å². The molecule has 0 saturated heterocycles. The molecule has 1 N–H and O–H groups in total. The summed E-state index contributed by atoms with van der Waals surface area (Å²) in [4.78, 5) is 29.1. The van der Waals surface area contributed by atoms with Crippen LogP contribution in [-0.2, 0) is 26.2 Å². The molecular weight excluding hydrogens is 498 g/mol. The highest BCUT2D eigenvalue weighted by atomic mass is 32.2. The summed E-state index contributed by atoms with van der Waals surface area (Å²) in [6.45, 7) is 7.71. The molecule has 1 fully saturated rings. The predicted octanol–water partition coefficient (Wildman–Crippen LogP) is 5.14. The summed E-state index contributed by atoms with van der Waals surface area (Å²) >= 11 is 0. The van der Waals surface area contributed by atoms with Crippen LogP contribution in [0.25, 0.3) is 0 Å². The lowest BCUT2D eigenvalue weighted by molar-refractivity contribution is -0.140. The average molecular weight is 542 g/mol. The third-order valence-corrected chi connectivity index (χ3v) is 8.57. The molecule has 0 bridgehead atoms. The van der Waals surface area contributed by atoms with Gasteiger partial charge < -0.3 is 10.2 Å². The molecule has 3 rings (SSSR count). The quantitative estimate of drug-likeness (QED) is 0.427. The van der Waals surface area contributed by atoms with E-state index in [-0.39, 0.29) is 31.0 Å². The van der Waals surface area contributed by atoms with Gasteiger partial charge in [0.05, 0.1) is 11.9 Å². The highest BCUT2D eigenvalue weighted by Gasteiger charge is 2.33. The Morgan fingerprint density at radius 3 is 2.24 bits per heavy atom. The minimum atomic E-state index is -3.77. The van der Waals surface area contributed by atoms with Crippen molar-refractivity contribution in [3.63, 3.8) is 0 Å². The van der Waals surface area contributed by atoms with Gasteiger partial charge in [0.1, 0.15) is 12.6 Å². The van der Waals surface area contributed by atoms with Crippen molar-refractivity contribution < 1.29 is 18.0 Å². The van der Waals surface area contributed by atoms with Crippen LogP contribution in [0.1, 0.15) is 81.9 Å². The maximum absolute atomic E-state index is 14.0. The number of nitrogens with zero attached hydrogens (tertiary/aromatic N) is 2. The molecule has 208 valence electrons. The van der Waals surface area contributed by atoms with E-state index >= 15 is 0 Å². The lowest BCUT2D eigenvalue weighted by Crippen LogP contribution is -2.54. The molecule has 0 heterocycles. The Morgan fingerprint density at radius 1 is 1.00 bits per heavy atom. The van der Waals surface area contributed by atoms with Crippen molar-refractivity contribution in [1.82, 2.24) is 10.2 Å². The molecule has 1 atom stereocenters. The summed E-state index contributed by atoms with van der Waals surface area (Å²) in [7, 11) is -3.77. The second kappa shape index (κ2) is 13.3. The number of hydrogen-bond donors (Lipinski definition) is 1. The monoisotopic (exact) mass is 541 g/mol. The molecule has 0 spiro atoms. The van der Waals surface area contributed by atoms with Crippen LogP contribution in [0.2, 0.25) is 0 Å². The molecule has 0 aromatic heterocycles. The Hall–Kier alpha value is -2.87. The summed E-state index contributed by atoms with van der Waals surface area (Å²) in [5.74, 6) is -0.504. The van der Waals surface area contributed by atoms with E-state index in [2.05, 4.69) is 5.32 Å². The summed E-state index contributed by atoms with van der Waals surface area (Å²) < 4.78 is 27.2. The van der Waals surface area contributed by atoms with E-state index in [1.165, 1.54) is 10.7 Å². The van der Waals surface area contributed by atoms with E-state index in [0.29, 0.717) is 12.1 Å². The molecule has 8 heteroatoms. The van der Waals surface area contributed by atoms with Gasteiger partial charge in [-0.3, -0.25) is 13.9 Å². The normalized spacial score (nSPS) is 15.2. The van der Waals surface area contributed by atoms with Gasteiger partial charge >= 0.3 is 0 Å². The van der Waals surface area contributed by atoms with E-state index in [1.54, 1.807) is 17.0 Å². The van der Waals surface area contributed by atoms with Crippen molar-refractivity contribution in [2.45, 2.75) is 90.8 Å². The van der Waals surface area contributed by atoms with Gasteiger partial charge in [0, 0.05) is 12.6 Å². The number of nitrogens with one attached hydrogen (secondary N) is 1. The van der Waals surface area contributed by atoms with Crippen LogP contribution >= 0.6 is 0 Å². The van der Waals surface area contributed by atoms with Crippen LogP contribution in [0.15, 0.2) is 48.5 Å². The summed E-state index contributed by atoms with van der Waals surface area (Å²) in [5.41, 5.74) is 3.28. The van der Waals surface area contributed by atoms with Crippen molar-refractivity contribution in [3.8, 4) is 0 Å². The number of anilines is 1. The minimum absolute atomic E-state index is 0.0679. The lowest BCUT2D eigenvalue weighted by atomic mass is 9.95. The molecule has 38 heavy (non-hydrogen) atoms. The first-order chi connectivity index (χ1) is 18.0. The number of para-hydroxylation sites is 1. The topological polar surface area (TPSA) is 86.8 Å². The maximum Gasteiger partial charge on any atom is 0.244 e. The fourth-order valence-corrected chi connectivity index (χ4v) is 6.10. The van der Waals surface area contributed by atoms with Crippen molar-refractivity contribution in [3.05, 3.63) is 65.2 Å². The molecule has 0 radical (unpaired) electrons. The maximum atomic E-state index is 14.0. The number of rotatable bonds is 11. The van der Waals surface area contributed by atoms with Crippen LogP contribution in [-0.4, -0.2) is 50.0 Å². The zero-order valence-corrected chi connectivity index (χ0v) is 24.3. The Labute approximate surface area is 228 Å². The van der Waals surface area contributed by atoms with Crippen molar-refractivity contribution >= 4 is 27.5 Å². The largest absolute Gasteiger partial charge is 0.352 e. The van der Waals surface area contributed by atoms with Gasteiger partial charge in [0.25, 0.3) is 0 Å². The fourth-order valence-electron chi connectivity index (χ4n) is 5.23. The zero-order chi connectivity index (χ0) is 27.9. The SMILES string of the molecule is CC[C@H](C(=O)NC1CCCCC1)N(Cc1ccccc1C)C(=O)CN(c1ccccc1C(C)C)S(C)(=O)=O. The van der Waals surface area contributed by atoms with Gasteiger partial charge in [-0.1, -0.05) is 82.5 Å². The second-order valence-electron chi connectivity index (χ2n) is 10.7. The third kappa shape index (κ3) is 7.59. The summed E-state index contributed by atoms with van der Waals surface area (Å²) in [6, 6.07) is 14.5. The van der Waals surface area contributed by atoms with Gasteiger partial charge in [0.2, 0.25) is 21.8 Å². The van der Waals surface area contributed by atoms with Crippen molar-refractivity contribution in [2.24, 2.45) is 0 Å². The van der Waals surface area contributed by atoms with E-state index < -0.39 is 22.0 Å². The van der Waals surface area contributed by atoms with Gasteiger partial charge in [-0.2, -0.15) is 0 Å². The number of carbonyl (C=O) groups excluding carboxylic acids is 2. The number of benzene rings is 2. The van der Waals surface area contributed by atoms with Crippen LogP contribution in [0.4, 0.5) is 5.69 Å². The van der Waals surface area contributed by atoms with E-state index in [0.717, 1.165) is 48.6 Å². The highest BCUT2D eigenvalue weighted by Crippen LogP contribution is 2.29. The van der Waals surface area contributed by atoms with Gasteiger partial charge in [-0.15, -0.1) is 0 Å². The third-order valence-electron chi connectivity index (χ3n) is 7.45. The molecule has 1 saturated carbocycles. The molecule has 2 aromatic rings. The Morgan fingerprint density at radius 2 is 1.63 bits per heavy atom. The minimum Gasteiger partial charge on any atom is -0.352 e. The van der Waals surface area contributed by atoms with Crippen LogP contribution in [0.5, 0.6) is 0 Å². The number of sulfonamides is 1. The number of carbonyl (C=O) groups is 2. The summed E-state index contributed by atoms with van der Waals surface area (Å²) in [5, 5.41) is 3.18. The molecule has 7 nitrogen and oxygen atoms in total. The first kappa shape index (κ1) is 29.7. The van der Waals surface area contributed by atoms with Crippen molar-refractivity contribution in [2.75, 3.05) is 17.1 Å². The fraction of sp³-hybridized carbons (Fsp3) is 0.533. The van der Waals surface area contributed by atoms with Gasteiger partial charge in [-0.05, 0) is 54.9 Å². The first-order valence-corrected chi connectivity index (χ1v) is 15.6. The van der Waals surface area contributed by atoms with Crippen molar-refractivity contribution in [1.29, 1.82) is 0 Å². The van der Waals surface area contributed by atoms with Gasteiger partial charge in [-0.25, -0.2) is 8.42 Å². The molecule has 0 aliphatic heterocycles. The smallest absolute Gasteiger partial charge is 0.244 e. The Kier molecular flexibility index (Phi) is 10.4. The zero-order valence-electron chi connectivity index (χ0n) is 23.4. The van der Waals surface area contributed by atoms with Crippen LogP contribution < -0.4 is 9.62 Å². The Balaban J connectivity index is 1.97. The molecule has 1 aliphatic rings. The molecule has 1 aliphatic carbocycles. The lowest BCUT2D eigenvalue weighted by Gasteiger charge is -2.35. The second-order valence-corrected chi connectivity index (χ2v) is 12.6. The molecule has 2 aromatic carbocycles. The summed E-state index contributed by atoms with van der Waals surface area (Å²) in [6.07, 6.45) is 6.80. The molecule has 2 amide bonds. The highest BCUT2D eigenvalue weighted by molar-refractivity contribution is 7.92. The van der Waals surface area contributed by atoms with E-state index in [9.17, 15) is 18.0 Å². The van der Waals surface area contributed by atoms with E-state index in [4.69, 9.17) is 0 Å². The average Bonchev–Trinajstić information content (AvgIpc) is 2.88. The van der Waals surface area contributed by atoms with E-state index in [1.807, 2.05) is 64.1 Å². The number of amides is 2. The molecular formula is C30H43N3O4S. The van der Waals surface area contributed by atoms with Crippen LogP contribution in [0, 0.1) is 6.92 Å². The van der Waals surface area contributed by atoms with Gasteiger partial charge in [0.15, 0.2) is 0 Å². The standard InChI is InChI=1S/C30H43N3O4S/c1-6-27(30(35)31-25-16-8-7-9-17-25)32(20-24-15-11-10-14-23(24)4)29(34)21-33(38(5,36)37)28-19-13-12-18-26(28)22(2)3/h10-15,18-19,22,25,27H,6-9,16-17,20-21H2,1-5H3,(H,31,35)/t27-/m1/s1. The number of hydrogen-bond acceptors (Lipinski definition) is 4. The molecule has 0 unspecified atom stereocenters. The number of aryl methyl sites for hydroxylation is 1. The predicted molar refractivity (Wildman–Crippen MR) is 154 cm³/mol.